The van der Waals surface area contributed by atoms with Crippen molar-refractivity contribution in [3.63, 3.8) is 0 Å². The van der Waals surface area contributed by atoms with Gasteiger partial charge < -0.3 is 10.6 Å². The molecule has 4 nitrogen and oxygen atoms in total. The molecule has 0 spiro atoms. The van der Waals surface area contributed by atoms with E-state index in [9.17, 15) is 9.59 Å². The maximum atomic E-state index is 11.6. The number of anilines is 1. The first-order valence-electron chi connectivity index (χ1n) is 5.59. The van der Waals surface area contributed by atoms with E-state index in [4.69, 9.17) is 23.2 Å². The Morgan fingerprint density at radius 1 is 1.22 bits per heavy atom. The number of benzene rings is 1. The summed E-state index contributed by atoms with van der Waals surface area (Å²) < 4.78 is 0. The largest absolute Gasteiger partial charge is 0.353 e. The first kappa shape index (κ1) is 13.2. The highest BCUT2D eigenvalue weighted by Crippen LogP contribution is 2.29. The van der Waals surface area contributed by atoms with E-state index in [0.29, 0.717) is 10.7 Å². The molecule has 2 N–H and O–H groups in total. The van der Waals surface area contributed by atoms with E-state index >= 15 is 0 Å². The summed E-state index contributed by atoms with van der Waals surface area (Å²) in [5.41, 5.74) is 0.411. The Balaban J connectivity index is 1.89. The van der Waals surface area contributed by atoms with Crippen LogP contribution in [-0.2, 0) is 9.59 Å². The molecule has 6 heteroatoms. The number of rotatable bonds is 4. The quantitative estimate of drug-likeness (QED) is 0.836. The normalized spacial score (nSPS) is 14.1. The Morgan fingerprint density at radius 2 is 1.94 bits per heavy atom. The van der Waals surface area contributed by atoms with E-state index in [1.165, 1.54) is 0 Å². The Hall–Kier alpha value is -1.26. The molecule has 1 fully saturated rings. The second-order valence-electron chi connectivity index (χ2n) is 4.17. The van der Waals surface area contributed by atoms with Crippen molar-refractivity contribution in [1.82, 2.24) is 5.32 Å². The zero-order valence-corrected chi connectivity index (χ0v) is 11.0. The monoisotopic (exact) mass is 286 g/mol. The standard InChI is InChI=1S/C12H12Cl2N2O2/c13-8-2-1-3-9(12(8)14)16-11(18)6-10(17)15-7-4-5-7/h1-3,7H,4-6H2,(H,15,17)(H,16,18). The Morgan fingerprint density at radius 3 is 2.61 bits per heavy atom. The molecular formula is C12H12Cl2N2O2. The van der Waals surface area contributed by atoms with Gasteiger partial charge in [0.1, 0.15) is 6.42 Å². The molecule has 0 unspecified atom stereocenters. The molecule has 1 saturated carbocycles. The summed E-state index contributed by atoms with van der Waals surface area (Å²) >= 11 is 11.7. The number of carbonyl (C=O) groups excluding carboxylic acids is 2. The minimum atomic E-state index is -0.405. The minimum Gasteiger partial charge on any atom is -0.353 e. The predicted molar refractivity (Wildman–Crippen MR) is 70.9 cm³/mol. The average Bonchev–Trinajstić information content (AvgIpc) is 3.08. The Kier molecular flexibility index (Phi) is 4.09. The van der Waals surface area contributed by atoms with Crippen molar-refractivity contribution < 1.29 is 9.59 Å². The van der Waals surface area contributed by atoms with Gasteiger partial charge in [-0.3, -0.25) is 9.59 Å². The summed E-state index contributed by atoms with van der Waals surface area (Å²) in [6.45, 7) is 0. The lowest BCUT2D eigenvalue weighted by molar-refractivity contribution is -0.126. The third-order valence-electron chi connectivity index (χ3n) is 2.49. The van der Waals surface area contributed by atoms with Gasteiger partial charge in [0.2, 0.25) is 11.8 Å². The summed E-state index contributed by atoms with van der Waals surface area (Å²) in [6, 6.07) is 5.18. The lowest BCUT2D eigenvalue weighted by atomic mass is 10.3. The maximum Gasteiger partial charge on any atom is 0.233 e. The van der Waals surface area contributed by atoms with Crippen LogP contribution in [0.25, 0.3) is 0 Å². The van der Waals surface area contributed by atoms with E-state index in [1.807, 2.05) is 0 Å². The van der Waals surface area contributed by atoms with Gasteiger partial charge in [0, 0.05) is 6.04 Å². The van der Waals surface area contributed by atoms with Gasteiger partial charge >= 0.3 is 0 Å². The molecular weight excluding hydrogens is 275 g/mol. The molecule has 1 aromatic carbocycles. The topological polar surface area (TPSA) is 58.2 Å². The number of hydrogen-bond acceptors (Lipinski definition) is 2. The predicted octanol–water partition coefficient (Wildman–Crippen LogP) is 2.60. The molecule has 1 aromatic rings. The maximum absolute atomic E-state index is 11.6. The summed E-state index contributed by atoms with van der Waals surface area (Å²) in [6.07, 6.45) is 1.78. The van der Waals surface area contributed by atoms with Crippen molar-refractivity contribution in [2.45, 2.75) is 25.3 Å². The molecule has 0 aromatic heterocycles. The van der Waals surface area contributed by atoms with Crippen molar-refractivity contribution in [3.05, 3.63) is 28.2 Å². The van der Waals surface area contributed by atoms with Crippen LogP contribution in [0.3, 0.4) is 0 Å². The molecule has 1 aliphatic carbocycles. The molecule has 2 rings (SSSR count). The smallest absolute Gasteiger partial charge is 0.233 e. The second-order valence-corrected chi connectivity index (χ2v) is 4.95. The molecule has 18 heavy (non-hydrogen) atoms. The van der Waals surface area contributed by atoms with Gasteiger partial charge in [-0.2, -0.15) is 0 Å². The summed E-state index contributed by atoms with van der Waals surface area (Å²) in [5.74, 6) is -0.675. The van der Waals surface area contributed by atoms with Crippen LogP contribution in [0.4, 0.5) is 5.69 Å². The van der Waals surface area contributed by atoms with Crippen LogP contribution >= 0.6 is 23.2 Å². The Labute approximate surface area is 115 Å². The summed E-state index contributed by atoms with van der Waals surface area (Å²) in [7, 11) is 0. The van der Waals surface area contributed by atoms with Gasteiger partial charge in [-0.25, -0.2) is 0 Å². The third-order valence-corrected chi connectivity index (χ3v) is 3.31. The van der Waals surface area contributed by atoms with Gasteiger partial charge in [0.05, 0.1) is 15.7 Å². The lowest BCUT2D eigenvalue weighted by Gasteiger charge is -2.08. The van der Waals surface area contributed by atoms with E-state index in [0.717, 1.165) is 12.8 Å². The highest BCUT2D eigenvalue weighted by Gasteiger charge is 2.24. The number of halogens is 2. The van der Waals surface area contributed by atoms with Crippen LogP contribution in [0.1, 0.15) is 19.3 Å². The molecule has 0 radical (unpaired) electrons. The van der Waals surface area contributed by atoms with Gasteiger partial charge in [0.15, 0.2) is 0 Å². The van der Waals surface area contributed by atoms with Crippen LogP contribution in [0.2, 0.25) is 10.0 Å². The van der Waals surface area contributed by atoms with E-state index < -0.39 is 5.91 Å². The second kappa shape index (κ2) is 5.59. The molecule has 0 atom stereocenters. The van der Waals surface area contributed by atoms with Gasteiger partial charge in [0.25, 0.3) is 0 Å². The van der Waals surface area contributed by atoms with Crippen molar-refractivity contribution in [2.75, 3.05) is 5.32 Å². The van der Waals surface area contributed by atoms with Crippen molar-refractivity contribution in [3.8, 4) is 0 Å². The van der Waals surface area contributed by atoms with Crippen LogP contribution in [0.5, 0.6) is 0 Å². The first-order chi connectivity index (χ1) is 8.56. The van der Waals surface area contributed by atoms with E-state index in [2.05, 4.69) is 10.6 Å². The average molecular weight is 287 g/mol. The van der Waals surface area contributed by atoms with Crippen LogP contribution in [-0.4, -0.2) is 17.9 Å². The van der Waals surface area contributed by atoms with Gasteiger partial charge in [-0.15, -0.1) is 0 Å². The molecule has 96 valence electrons. The number of hydrogen-bond donors (Lipinski definition) is 2. The third kappa shape index (κ3) is 3.62. The van der Waals surface area contributed by atoms with E-state index in [-0.39, 0.29) is 23.4 Å². The molecule has 0 heterocycles. The summed E-state index contributed by atoms with van der Waals surface area (Å²) in [4.78, 5) is 23.0. The Bertz CT molecular complexity index is 487. The molecule has 0 saturated heterocycles. The molecule has 0 aliphatic heterocycles. The molecule has 0 bridgehead atoms. The minimum absolute atomic E-state index is 0.209. The number of amides is 2. The fourth-order valence-electron chi connectivity index (χ4n) is 1.45. The zero-order valence-electron chi connectivity index (χ0n) is 9.50. The number of carbonyl (C=O) groups is 2. The fourth-order valence-corrected chi connectivity index (χ4v) is 1.79. The zero-order chi connectivity index (χ0) is 13.1. The van der Waals surface area contributed by atoms with Crippen molar-refractivity contribution in [1.29, 1.82) is 0 Å². The molecule has 2 amide bonds. The highest BCUT2D eigenvalue weighted by molar-refractivity contribution is 6.44. The van der Waals surface area contributed by atoms with Crippen molar-refractivity contribution >= 4 is 40.7 Å². The first-order valence-corrected chi connectivity index (χ1v) is 6.35. The lowest BCUT2D eigenvalue weighted by Crippen LogP contribution is -2.29. The SMILES string of the molecule is O=C(CC(=O)NC1CC1)Nc1cccc(Cl)c1Cl. The number of nitrogens with one attached hydrogen (secondary N) is 2. The fraction of sp³-hybridized carbons (Fsp3) is 0.333. The summed E-state index contributed by atoms with van der Waals surface area (Å²) in [5, 5.41) is 5.93. The van der Waals surface area contributed by atoms with Gasteiger partial charge in [-0.05, 0) is 25.0 Å². The van der Waals surface area contributed by atoms with Crippen LogP contribution < -0.4 is 10.6 Å². The molecule has 1 aliphatic rings. The van der Waals surface area contributed by atoms with Crippen molar-refractivity contribution in [2.24, 2.45) is 0 Å². The highest BCUT2D eigenvalue weighted by atomic mass is 35.5. The van der Waals surface area contributed by atoms with E-state index in [1.54, 1.807) is 18.2 Å². The van der Waals surface area contributed by atoms with Crippen LogP contribution in [0, 0.1) is 0 Å². The van der Waals surface area contributed by atoms with Gasteiger partial charge in [-0.1, -0.05) is 29.3 Å². The van der Waals surface area contributed by atoms with Crippen LogP contribution in [0.15, 0.2) is 18.2 Å².